The molecule has 3 aromatic carbocycles. The first-order chi connectivity index (χ1) is 15.6. The van der Waals surface area contributed by atoms with Crippen molar-refractivity contribution in [2.75, 3.05) is 0 Å². The van der Waals surface area contributed by atoms with Crippen LogP contribution >= 0.6 is 0 Å². The van der Waals surface area contributed by atoms with Crippen molar-refractivity contribution in [3.63, 3.8) is 0 Å². The maximum Gasteiger partial charge on any atom is 0.224 e. The molecule has 0 saturated heterocycles. The number of hydrogen-bond acceptors (Lipinski definition) is 0. The molecule has 6 rings (SSSR count). The molecule has 0 spiro atoms. The van der Waals surface area contributed by atoms with Crippen molar-refractivity contribution in [2.24, 2.45) is 12.5 Å². The van der Waals surface area contributed by atoms with Crippen LogP contribution < -0.4 is 4.57 Å². The molecule has 0 atom stereocenters. The summed E-state index contributed by atoms with van der Waals surface area (Å²) < 4.78 is 4.92. The zero-order valence-electron chi connectivity index (χ0n) is 21.1. The lowest BCUT2D eigenvalue weighted by atomic mass is 9.87. The van der Waals surface area contributed by atoms with Gasteiger partial charge in [-0.05, 0) is 84.9 Å². The first-order valence-electron chi connectivity index (χ1n) is 12.1. The van der Waals surface area contributed by atoms with Crippen LogP contribution in [-0.2, 0) is 13.5 Å². The van der Waals surface area contributed by atoms with Gasteiger partial charge in [0.1, 0.15) is 7.05 Å². The van der Waals surface area contributed by atoms with Gasteiger partial charge in [-0.2, -0.15) is 0 Å². The fourth-order valence-corrected chi connectivity index (χ4v) is 6.02. The highest BCUT2D eigenvalue weighted by Crippen LogP contribution is 2.43. The largest absolute Gasteiger partial charge is 0.307 e. The van der Waals surface area contributed by atoms with Crippen molar-refractivity contribution in [1.29, 1.82) is 0 Å². The molecule has 0 aliphatic carbocycles. The predicted molar refractivity (Wildman–Crippen MR) is 142 cm³/mol. The van der Waals surface area contributed by atoms with Crippen molar-refractivity contribution < 1.29 is 4.57 Å². The van der Waals surface area contributed by atoms with E-state index < -0.39 is 0 Å². The molecule has 0 bridgehead atoms. The van der Waals surface area contributed by atoms with E-state index in [1.54, 1.807) is 0 Å². The minimum Gasteiger partial charge on any atom is -0.307 e. The molecule has 3 aromatic heterocycles. The van der Waals surface area contributed by atoms with E-state index in [0.717, 1.165) is 6.42 Å². The highest BCUT2D eigenvalue weighted by atomic mass is 15.0. The standard InChI is InChI=1S/C31H33N2/c1-17-9-10-23-24-13-18(2)19(3)26-29(24)33(28(23)20(17)4)25-15-21(16-31(5,6)7)14-22-11-12-32(8)30(26)27(22)25/h9-15H,16H2,1-8H3/q+1. The van der Waals surface area contributed by atoms with Gasteiger partial charge < -0.3 is 4.40 Å². The summed E-state index contributed by atoms with van der Waals surface area (Å²) in [4.78, 5) is 0. The third-order valence-corrected chi connectivity index (χ3v) is 7.75. The summed E-state index contributed by atoms with van der Waals surface area (Å²) in [6.07, 6.45) is 3.30. The maximum atomic E-state index is 2.59. The summed E-state index contributed by atoms with van der Waals surface area (Å²) in [6.45, 7) is 16.1. The van der Waals surface area contributed by atoms with Gasteiger partial charge in [-0.15, -0.1) is 0 Å². The van der Waals surface area contributed by atoms with Crippen molar-refractivity contribution in [3.05, 3.63) is 70.4 Å². The second-order valence-corrected chi connectivity index (χ2v) is 11.4. The molecule has 2 nitrogen and oxygen atoms in total. The number of aryl methyl sites for hydroxylation is 5. The molecular weight excluding hydrogens is 400 g/mol. The summed E-state index contributed by atoms with van der Waals surface area (Å²) in [6, 6.07) is 14.2. The van der Waals surface area contributed by atoms with Crippen LogP contribution in [0.25, 0.3) is 49.0 Å². The van der Waals surface area contributed by atoms with Crippen molar-refractivity contribution in [2.45, 2.75) is 54.9 Å². The van der Waals surface area contributed by atoms with Crippen LogP contribution in [0.2, 0.25) is 0 Å². The molecule has 0 amide bonds. The smallest absolute Gasteiger partial charge is 0.224 e. The molecule has 0 aliphatic heterocycles. The second kappa shape index (κ2) is 6.47. The molecule has 3 heterocycles. The van der Waals surface area contributed by atoms with Crippen molar-refractivity contribution in [1.82, 2.24) is 4.40 Å². The molecule has 0 N–H and O–H groups in total. The second-order valence-electron chi connectivity index (χ2n) is 11.4. The third-order valence-electron chi connectivity index (χ3n) is 7.75. The Hall–Kier alpha value is -3.13. The number of fused-ring (bicyclic) bond motifs is 5. The van der Waals surface area contributed by atoms with Crippen LogP contribution in [0.5, 0.6) is 0 Å². The topological polar surface area (TPSA) is 8.29 Å². The fourth-order valence-electron chi connectivity index (χ4n) is 6.02. The lowest BCUT2D eigenvalue weighted by Crippen LogP contribution is -2.29. The maximum absolute atomic E-state index is 2.59. The van der Waals surface area contributed by atoms with Crippen LogP contribution in [0.3, 0.4) is 0 Å². The van der Waals surface area contributed by atoms with Crippen LogP contribution in [0.15, 0.2) is 42.6 Å². The first kappa shape index (κ1) is 20.5. The average Bonchev–Trinajstić information content (AvgIpc) is 3.06. The normalized spacial score (nSPS) is 13.0. The van der Waals surface area contributed by atoms with E-state index in [1.807, 2.05) is 0 Å². The number of nitrogens with zero attached hydrogens (tertiary/aromatic N) is 2. The molecule has 33 heavy (non-hydrogen) atoms. The molecule has 0 saturated carbocycles. The van der Waals surface area contributed by atoms with Crippen LogP contribution in [0.1, 0.15) is 48.6 Å². The Kier molecular flexibility index (Phi) is 4.01. The van der Waals surface area contributed by atoms with E-state index in [9.17, 15) is 0 Å². The average molecular weight is 434 g/mol. The summed E-state index contributed by atoms with van der Waals surface area (Å²) in [5.74, 6) is 0. The minimum atomic E-state index is 0.240. The van der Waals surface area contributed by atoms with Crippen LogP contribution in [0, 0.1) is 33.1 Å². The van der Waals surface area contributed by atoms with Gasteiger partial charge in [0.2, 0.25) is 5.52 Å². The van der Waals surface area contributed by atoms with E-state index in [-0.39, 0.29) is 5.41 Å². The van der Waals surface area contributed by atoms with Gasteiger partial charge in [0.25, 0.3) is 0 Å². The van der Waals surface area contributed by atoms with Crippen LogP contribution in [0.4, 0.5) is 0 Å². The van der Waals surface area contributed by atoms with Gasteiger partial charge in [0.05, 0.1) is 27.3 Å². The van der Waals surface area contributed by atoms with Gasteiger partial charge in [-0.3, -0.25) is 0 Å². The molecule has 6 aromatic rings. The zero-order valence-corrected chi connectivity index (χ0v) is 21.1. The number of aromatic nitrogens is 2. The summed E-state index contributed by atoms with van der Waals surface area (Å²) >= 11 is 0. The third kappa shape index (κ3) is 2.70. The van der Waals surface area contributed by atoms with Crippen molar-refractivity contribution >= 4 is 49.0 Å². The molecule has 0 fully saturated rings. The summed E-state index contributed by atoms with van der Waals surface area (Å²) in [7, 11) is 2.20. The first-order valence-corrected chi connectivity index (χ1v) is 12.1. The zero-order chi connectivity index (χ0) is 23.4. The van der Waals surface area contributed by atoms with E-state index in [4.69, 9.17) is 0 Å². The Labute approximate surface area is 195 Å². The molecule has 0 unspecified atom stereocenters. The number of hydrogen-bond donors (Lipinski definition) is 0. The highest BCUT2D eigenvalue weighted by molar-refractivity contribution is 6.26. The Morgan fingerprint density at radius 3 is 2.27 bits per heavy atom. The predicted octanol–water partition coefficient (Wildman–Crippen LogP) is 7.64. The highest BCUT2D eigenvalue weighted by Gasteiger charge is 2.26. The van der Waals surface area contributed by atoms with Crippen molar-refractivity contribution in [3.8, 4) is 0 Å². The van der Waals surface area contributed by atoms with E-state index >= 15 is 0 Å². The number of benzene rings is 3. The summed E-state index contributed by atoms with van der Waals surface area (Å²) in [5.41, 5.74) is 12.5. The Bertz CT molecular complexity index is 1760. The number of rotatable bonds is 1. The van der Waals surface area contributed by atoms with E-state index in [1.165, 1.54) is 76.8 Å². The number of pyridine rings is 2. The van der Waals surface area contributed by atoms with Crippen LogP contribution in [-0.4, -0.2) is 4.40 Å². The quantitative estimate of drug-likeness (QED) is 0.143. The van der Waals surface area contributed by atoms with Gasteiger partial charge in [0.15, 0.2) is 6.20 Å². The molecule has 2 heteroatoms. The molecule has 0 aliphatic rings. The fraction of sp³-hybridized carbons (Fsp3) is 0.323. The molecule has 0 radical (unpaired) electrons. The Morgan fingerprint density at radius 2 is 1.55 bits per heavy atom. The molecular formula is C31H33N2+. The molecule has 166 valence electrons. The van der Waals surface area contributed by atoms with E-state index in [0.29, 0.717) is 0 Å². The summed E-state index contributed by atoms with van der Waals surface area (Å²) in [5, 5.41) is 6.84. The van der Waals surface area contributed by atoms with Gasteiger partial charge in [0, 0.05) is 16.8 Å². The minimum absolute atomic E-state index is 0.240. The van der Waals surface area contributed by atoms with E-state index in [2.05, 4.69) is 107 Å². The van der Waals surface area contributed by atoms with Gasteiger partial charge in [-0.25, -0.2) is 4.57 Å². The van der Waals surface area contributed by atoms with Gasteiger partial charge in [-0.1, -0.05) is 39.0 Å². The SMILES string of the molecule is Cc1cc2c3ccc(C)c(C)c3n3c4cc(CC(C)(C)C)cc5cc[n+](C)c(c(c1C)c23)c54. The monoisotopic (exact) mass is 433 g/mol. The Morgan fingerprint density at radius 1 is 0.788 bits per heavy atom. The van der Waals surface area contributed by atoms with Gasteiger partial charge >= 0.3 is 0 Å². The lowest BCUT2D eigenvalue weighted by Gasteiger charge is -2.20. The Balaban J connectivity index is 2.02. The lowest BCUT2D eigenvalue weighted by molar-refractivity contribution is -0.643.